The zero-order valence-electron chi connectivity index (χ0n) is 10.5. The second-order valence-corrected chi connectivity index (χ2v) is 4.35. The molecule has 1 aromatic rings. The molecule has 0 fully saturated rings. The van der Waals surface area contributed by atoms with Gasteiger partial charge >= 0.3 is 5.97 Å². The third-order valence-electron chi connectivity index (χ3n) is 2.81. The lowest BCUT2D eigenvalue weighted by Gasteiger charge is -2.25. The highest BCUT2D eigenvalue weighted by molar-refractivity contribution is 5.82. The van der Waals surface area contributed by atoms with Crippen molar-refractivity contribution >= 4 is 11.9 Å². The monoisotopic (exact) mass is 265 g/mol. The van der Waals surface area contributed by atoms with Crippen LogP contribution in [0.2, 0.25) is 0 Å². The standard InChI is InChI=1S/C13H15NO5/c1-8(13(16)17)6-14-12(15)11-7-18-9-4-2-3-5-10(9)19-11/h2-5,8,11H,6-7H2,1H3,(H,14,15)(H,16,17)/t8-,11-/m1/s1. The fourth-order valence-corrected chi connectivity index (χ4v) is 1.60. The summed E-state index contributed by atoms with van der Waals surface area (Å²) in [7, 11) is 0. The Kier molecular flexibility index (Phi) is 3.89. The van der Waals surface area contributed by atoms with E-state index in [0.717, 1.165) is 0 Å². The van der Waals surface area contributed by atoms with E-state index >= 15 is 0 Å². The van der Waals surface area contributed by atoms with Crippen LogP contribution in [-0.2, 0) is 9.59 Å². The van der Waals surface area contributed by atoms with Crippen molar-refractivity contribution in [2.45, 2.75) is 13.0 Å². The number of fused-ring (bicyclic) bond motifs is 1. The number of nitrogens with one attached hydrogen (secondary N) is 1. The molecule has 0 saturated heterocycles. The minimum atomic E-state index is -0.952. The Morgan fingerprint density at radius 1 is 1.42 bits per heavy atom. The minimum Gasteiger partial charge on any atom is -0.485 e. The van der Waals surface area contributed by atoms with Gasteiger partial charge in [0.05, 0.1) is 5.92 Å². The highest BCUT2D eigenvalue weighted by Gasteiger charge is 2.27. The number of carboxylic acids is 1. The Morgan fingerprint density at radius 3 is 2.79 bits per heavy atom. The summed E-state index contributed by atoms with van der Waals surface area (Å²) in [6.07, 6.45) is -0.754. The number of carbonyl (C=O) groups excluding carboxylic acids is 1. The van der Waals surface area contributed by atoms with E-state index in [9.17, 15) is 9.59 Å². The number of para-hydroxylation sites is 2. The molecule has 0 radical (unpaired) electrons. The lowest BCUT2D eigenvalue weighted by molar-refractivity contribution is -0.141. The third-order valence-corrected chi connectivity index (χ3v) is 2.81. The van der Waals surface area contributed by atoms with Crippen molar-refractivity contribution in [1.82, 2.24) is 5.32 Å². The highest BCUT2D eigenvalue weighted by Crippen LogP contribution is 2.30. The van der Waals surface area contributed by atoms with Crippen molar-refractivity contribution in [2.24, 2.45) is 5.92 Å². The Hall–Kier alpha value is -2.24. The summed E-state index contributed by atoms with van der Waals surface area (Å²) in [6, 6.07) is 7.08. The molecular weight excluding hydrogens is 250 g/mol. The van der Waals surface area contributed by atoms with Crippen molar-refractivity contribution in [1.29, 1.82) is 0 Å². The molecule has 19 heavy (non-hydrogen) atoms. The number of hydrogen-bond donors (Lipinski definition) is 2. The molecule has 102 valence electrons. The normalized spacial score (nSPS) is 18.5. The number of ether oxygens (including phenoxy) is 2. The summed E-state index contributed by atoms with van der Waals surface area (Å²) in [4.78, 5) is 22.5. The first-order valence-electron chi connectivity index (χ1n) is 5.97. The van der Waals surface area contributed by atoms with Gasteiger partial charge in [0, 0.05) is 6.54 Å². The van der Waals surface area contributed by atoms with Gasteiger partial charge in [-0.1, -0.05) is 19.1 Å². The second kappa shape index (κ2) is 5.60. The van der Waals surface area contributed by atoms with Crippen molar-refractivity contribution < 1.29 is 24.2 Å². The zero-order chi connectivity index (χ0) is 13.8. The first-order valence-corrected chi connectivity index (χ1v) is 5.97. The summed E-state index contributed by atoms with van der Waals surface area (Å²) in [6.45, 7) is 1.70. The van der Waals surface area contributed by atoms with Crippen LogP contribution in [0.4, 0.5) is 0 Å². The minimum absolute atomic E-state index is 0.0652. The molecule has 0 bridgehead atoms. The molecule has 6 nitrogen and oxygen atoms in total. The second-order valence-electron chi connectivity index (χ2n) is 4.35. The lowest BCUT2D eigenvalue weighted by Crippen LogP contribution is -2.45. The predicted molar refractivity (Wildman–Crippen MR) is 66.2 cm³/mol. The van der Waals surface area contributed by atoms with Crippen molar-refractivity contribution in [3.05, 3.63) is 24.3 Å². The third kappa shape index (κ3) is 3.15. The molecule has 0 saturated carbocycles. The molecule has 1 aromatic carbocycles. The van der Waals surface area contributed by atoms with Crippen molar-refractivity contribution in [3.63, 3.8) is 0 Å². The lowest BCUT2D eigenvalue weighted by atomic mass is 10.2. The molecule has 0 aromatic heterocycles. The van der Waals surface area contributed by atoms with Crippen molar-refractivity contribution in [3.8, 4) is 11.5 Å². The van der Waals surface area contributed by atoms with E-state index in [2.05, 4.69) is 5.32 Å². The summed E-state index contributed by atoms with van der Waals surface area (Å²) in [5.74, 6) is -0.847. The van der Waals surface area contributed by atoms with Gasteiger partial charge in [0.15, 0.2) is 11.5 Å². The molecule has 2 N–H and O–H groups in total. The van der Waals surface area contributed by atoms with Crippen LogP contribution in [0, 0.1) is 5.92 Å². The highest BCUT2D eigenvalue weighted by atomic mass is 16.6. The van der Waals surface area contributed by atoms with Gasteiger partial charge in [0.2, 0.25) is 6.10 Å². The number of hydrogen-bond acceptors (Lipinski definition) is 4. The van der Waals surface area contributed by atoms with Gasteiger partial charge in [-0.2, -0.15) is 0 Å². The molecule has 1 amide bonds. The molecule has 1 aliphatic rings. The molecular formula is C13H15NO5. The van der Waals surface area contributed by atoms with E-state index in [1.165, 1.54) is 6.92 Å². The van der Waals surface area contributed by atoms with Crippen LogP contribution in [-0.4, -0.2) is 36.2 Å². The van der Waals surface area contributed by atoms with Crippen molar-refractivity contribution in [2.75, 3.05) is 13.2 Å². The Labute approximate surface area is 110 Å². The number of carbonyl (C=O) groups is 2. The predicted octanol–water partition coefficient (Wildman–Crippen LogP) is 0.663. The van der Waals surface area contributed by atoms with E-state index in [1.807, 2.05) is 6.07 Å². The maximum atomic E-state index is 11.8. The average molecular weight is 265 g/mol. The number of rotatable bonds is 4. The van der Waals surface area contributed by atoms with Gasteiger partial charge in [-0.05, 0) is 12.1 Å². The van der Waals surface area contributed by atoms with Gasteiger partial charge in [0.25, 0.3) is 5.91 Å². The molecule has 6 heteroatoms. The number of carboxylic acid groups (broad SMARTS) is 1. The van der Waals surface area contributed by atoms with Crippen LogP contribution in [0.25, 0.3) is 0 Å². The molecule has 2 rings (SSSR count). The molecule has 0 unspecified atom stereocenters. The van der Waals surface area contributed by atoms with Crippen LogP contribution in [0.3, 0.4) is 0 Å². The van der Waals surface area contributed by atoms with Gasteiger partial charge in [-0.25, -0.2) is 0 Å². The first kappa shape index (κ1) is 13.2. The van der Waals surface area contributed by atoms with E-state index in [0.29, 0.717) is 11.5 Å². The molecule has 1 aliphatic heterocycles. The first-order chi connectivity index (χ1) is 9.08. The van der Waals surface area contributed by atoms with E-state index < -0.39 is 18.0 Å². The Morgan fingerprint density at radius 2 is 2.11 bits per heavy atom. The smallest absolute Gasteiger partial charge is 0.308 e. The maximum Gasteiger partial charge on any atom is 0.308 e. The quantitative estimate of drug-likeness (QED) is 0.835. The fourth-order valence-electron chi connectivity index (χ4n) is 1.60. The zero-order valence-corrected chi connectivity index (χ0v) is 10.5. The maximum absolute atomic E-state index is 11.8. The summed E-state index contributed by atoms with van der Waals surface area (Å²) >= 11 is 0. The molecule has 1 heterocycles. The summed E-state index contributed by atoms with van der Waals surface area (Å²) in [5.41, 5.74) is 0. The van der Waals surface area contributed by atoms with Crippen LogP contribution in [0.1, 0.15) is 6.92 Å². The van der Waals surface area contributed by atoms with Gasteiger partial charge < -0.3 is 19.9 Å². The fraction of sp³-hybridized carbons (Fsp3) is 0.385. The van der Waals surface area contributed by atoms with E-state index in [4.69, 9.17) is 14.6 Å². The summed E-state index contributed by atoms with van der Waals surface area (Å²) in [5, 5.41) is 11.3. The van der Waals surface area contributed by atoms with E-state index in [-0.39, 0.29) is 19.1 Å². The molecule has 0 aliphatic carbocycles. The number of benzene rings is 1. The van der Waals surface area contributed by atoms with Gasteiger partial charge in [-0.3, -0.25) is 9.59 Å². The van der Waals surface area contributed by atoms with Crippen LogP contribution in [0.5, 0.6) is 11.5 Å². The largest absolute Gasteiger partial charge is 0.485 e. The Balaban J connectivity index is 1.90. The van der Waals surface area contributed by atoms with Gasteiger partial charge in [-0.15, -0.1) is 0 Å². The number of aliphatic carboxylic acids is 1. The van der Waals surface area contributed by atoms with Crippen LogP contribution >= 0.6 is 0 Å². The Bertz CT molecular complexity index is 488. The molecule has 2 atom stereocenters. The average Bonchev–Trinajstić information content (AvgIpc) is 2.43. The van der Waals surface area contributed by atoms with E-state index in [1.54, 1.807) is 18.2 Å². The van der Waals surface area contributed by atoms with Crippen LogP contribution < -0.4 is 14.8 Å². The SMILES string of the molecule is C[C@H](CNC(=O)[C@H]1COc2ccccc2O1)C(=O)O. The molecule has 0 spiro atoms. The summed E-state index contributed by atoms with van der Waals surface area (Å²) < 4.78 is 10.9. The van der Waals surface area contributed by atoms with Gasteiger partial charge in [0.1, 0.15) is 6.61 Å². The van der Waals surface area contributed by atoms with Crippen LogP contribution in [0.15, 0.2) is 24.3 Å². The number of amides is 1. The topological polar surface area (TPSA) is 84.9 Å².